The van der Waals surface area contributed by atoms with Gasteiger partial charge in [-0.15, -0.1) is 0 Å². The molecule has 2 aromatic rings. The standard InChI is InChI=1S/C15H13BrN2O3/c16-12-5-1-2-6-13(12)18-15(20)10-17-14(19)8-7-11-4-3-9-21-11/h1-9H,10H2,(H,17,19)(H,18,20)/b8-7+. The molecule has 1 aromatic heterocycles. The van der Waals surface area contributed by atoms with E-state index in [0.717, 1.165) is 4.47 Å². The zero-order valence-electron chi connectivity index (χ0n) is 11.0. The molecule has 0 aliphatic carbocycles. The highest BCUT2D eigenvalue weighted by molar-refractivity contribution is 9.10. The summed E-state index contributed by atoms with van der Waals surface area (Å²) in [5, 5.41) is 5.18. The first-order chi connectivity index (χ1) is 10.1. The molecule has 2 N–H and O–H groups in total. The van der Waals surface area contributed by atoms with E-state index in [2.05, 4.69) is 26.6 Å². The number of benzene rings is 1. The third-order valence-corrected chi connectivity index (χ3v) is 3.20. The van der Waals surface area contributed by atoms with Gasteiger partial charge in [0.2, 0.25) is 11.8 Å². The highest BCUT2D eigenvalue weighted by atomic mass is 79.9. The van der Waals surface area contributed by atoms with Crippen LogP contribution in [0, 0.1) is 0 Å². The second-order valence-corrected chi connectivity index (χ2v) is 4.95. The Hall–Kier alpha value is -2.34. The first kappa shape index (κ1) is 15.1. The molecule has 0 aliphatic heterocycles. The van der Waals surface area contributed by atoms with Crippen molar-refractivity contribution in [2.75, 3.05) is 11.9 Å². The fourth-order valence-electron chi connectivity index (χ4n) is 1.53. The van der Waals surface area contributed by atoms with Crippen LogP contribution < -0.4 is 10.6 Å². The molecule has 0 atom stereocenters. The number of hydrogen-bond donors (Lipinski definition) is 2. The molecule has 2 amide bonds. The van der Waals surface area contributed by atoms with Crippen molar-refractivity contribution in [1.82, 2.24) is 5.32 Å². The van der Waals surface area contributed by atoms with Crippen molar-refractivity contribution in [2.24, 2.45) is 0 Å². The minimum Gasteiger partial charge on any atom is -0.465 e. The summed E-state index contributed by atoms with van der Waals surface area (Å²) in [4.78, 5) is 23.2. The van der Waals surface area contributed by atoms with Gasteiger partial charge in [-0.05, 0) is 46.3 Å². The van der Waals surface area contributed by atoms with E-state index in [1.807, 2.05) is 18.2 Å². The fraction of sp³-hybridized carbons (Fsp3) is 0.0667. The molecule has 0 bridgehead atoms. The van der Waals surface area contributed by atoms with E-state index in [0.29, 0.717) is 11.4 Å². The van der Waals surface area contributed by atoms with Crippen molar-refractivity contribution >= 4 is 39.5 Å². The molecule has 0 saturated carbocycles. The maximum Gasteiger partial charge on any atom is 0.244 e. The average molecular weight is 349 g/mol. The lowest BCUT2D eigenvalue weighted by atomic mass is 10.3. The van der Waals surface area contributed by atoms with Crippen molar-refractivity contribution in [1.29, 1.82) is 0 Å². The Morgan fingerprint density at radius 3 is 2.71 bits per heavy atom. The monoisotopic (exact) mass is 348 g/mol. The van der Waals surface area contributed by atoms with E-state index in [1.54, 1.807) is 18.2 Å². The first-order valence-corrected chi connectivity index (χ1v) is 6.98. The number of furan rings is 1. The van der Waals surface area contributed by atoms with Crippen LogP contribution in [-0.2, 0) is 9.59 Å². The zero-order valence-corrected chi connectivity index (χ0v) is 12.6. The van der Waals surface area contributed by atoms with Crippen LogP contribution in [0.15, 0.2) is 57.6 Å². The second-order valence-electron chi connectivity index (χ2n) is 4.09. The van der Waals surface area contributed by atoms with E-state index < -0.39 is 0 Å². The van der Waals surface area contributed by atoms with Crippen LogP contribution in [0.4, 0.5) is 5.69 Å². The Morgan fingerprint density at radius 2 is 2.00 bits per heavy atom. The highest BCUT2D eigenvalue weighted by Crippen LogP contribution is 2.20. The van der Waals surface area contributed by atoms with E-state index in [-0.39, 0.29) is 18.4 Å². The maximum absolute atomic E-state index is 11.7. The van der Waals surface area contributed by atoms with Gasteiger partial charge >= 0.3 is 0 Å². The normalized spacial score (nSPS) is 10.5. The lowest BCUT2D eigenvalue weighted by Gasteiger charge is -2.07. The number of amides is 2. The molecule has 0 aliphatic rings. The van der Waals surface area contributed by atoms with Crippen molar-refractivity contribution in [2.45, 2.75) is 0 Å². The summed E-state index contributed by atoms with van der Waals surface area (Å²) in [6.07, 6.45) is 4.36. The largest absolute Gasteiger partial charge is 0.465 e. The molecular weight excluding hydrogens is 336 g/mol. The van der Waals surface area contributed by atoms with Crippen molar-refractivity contribution in [3.8, 4) is 0 Å². The molecule has 1 heterocycles. The Morgan fingerprint density at radius 1 is 1.19 bits per heavy atom. The summed E-state index contributed by atoms with van der Waals surface area (Å²) in [5.41, 5.74) is 0.655. The molecule has 0 unspecified atom stereocenters. The topological polar surface area (TPSA) is 71.3 Å². The van der Waals surface area contributed by atoms with Crippen LogP contribution in [0.1, 0.15) is 5.76 Å². The van der Waals surface area contributed by atoms with Crippen LogP contribution in [0.2, 0.25) is 0 Å². The molecule has 5 nitrogen and oxygen atoms in total. The fourth-order valence-corrected chi connectivity index (χ4v) is 1.91. The average Bonchev–Trinajstić information content (AvgIpc) is 2.99. The van der Waals surface area contributed by atoms with Crippen molar-refractivity contribution < 1.29 is 14.0 Å². The van der Waals surface area contributed by atoms with E-state index in [1.165, 1.54) is 18.4 Å². The van der Waals surface area contributed by atoms with Crippen LogP contribution in [0.3, 0.4) is 0 Å². The number of halogens is 1. The van der Waals surface area contributed by atoms with Crippen molar-refractivity contribution in [3.05, 3.63) is 59.0 Å². The maximum atomic E-state index is 11.7. The molecule has 0 saturated heterocycles. The van der Waals surface area contributed by atoms with Crippen molar-refractivity contribution in [3.63, 3.8) is 0 Å². The van der Waals surface area contributed by atoms with E-state index >= 15 is 0 Å². The van der Waals surface area contributed by atoms with Gasteiger partial charge in [0.25, 0.3) is 0 Å². The first-order valence-electron chi connectivity index (χ1n) is 6.19. The quantitative estimate of drug-likeness (QED) is 0.816. The summed E-state index contributed by atoms with van der Waals surface area (Å²) in [6, 6.07) is 10.7. The van der Waals surface area contributed by atoms with Gasteiger partial charge in [-0.3, -0.25) is 9.59 Å². The molecule has 0 spiro atoms. The number of carbonyl (C=O) groups is 2. The molecule has 0 radical (unpaired) electrons. The predicted octanol–water partition coefficient (Wildman–Crippen LogP) is 2.81. The van der Waals surface area contributed by atoms with Gasteiger partial charge in [0.05, 0.1) is 18.5 Å². The van der Waals surface area contributed by atoms with Gasteiger partial charge in [0, 0.05) is 10.5 Å². The number of carbonyl (C=O) groups excluding carboxylic acids is 2. The Kier molecular flexibility index (Phi) is 5.34. The van der Waals surface area contributed by atoms with Gasteiger partial charge < -0.3 is 15.1 Å². The van der Waals surface area contributed by atoms with Crippen LogP contribution >= 0.6 is 15.9 Å². The van der Waals surface area contributed by atoms with Gasteiger partial charge in [-0.25, -0.2) is 0 Å². The lowest BCUT2D eigenvalue weighted by molar-refractivity contribution is -0.121. The Balaban J connectivity index is 1.79. The van der Waals surface area contributed by atoms with Gasteiger partial charge in [-0.1, -0.05) is 12.1 Å². The Labute approximate surface area is 130 Å². The summed E-state index contributed by atoms with van der Waals surface area (Å²) in [5.74, 6) is -0.0989. The third-order valence-electron chi connectivity index (χ3n) is 2.51. The Bertz CT molecular complexity index is 651. The smallest absolute Gasteiger partial charge is 0.244 e. The second kappa shape index (κ2) is 7.44. The lowest BCUT2D eigenvalue weighted by Crippen LogP contribution is -2.31. The number of para-hydroxylation sites is 1. The van der Waals surface area contributed by atoms with Gasteiger partial charge in [-0.2, -0.15) is 0 Å². The highest BCUT2D eigenvalue weighted by Gasteiger charge is 2.06. The van der Waals surface area contributed by atoms with Crippen LogP contribution in [0.25, 0.3) is 6.08 Å². The summed E-state index contributed by atoms with van der Waals surface area (Å²) in [6.45, 7) is -0.108. The molecule has 108 valence electrons. The zero-order chi connectivity index (χ0) is 15.1. The molecule has 21 heavy (non-hydrogen) atoms. The molecule has 1 aromatic carbocycles. The van der Waals surface area contributed by atoms with Crippen LogP contribution in [-0.4, -0.2) is 18.4 Å². The number of hydrogen-bond acceptors (Lipinski definition) is 3. The molecule has 6 heteroatoms. The summed E-state index contributed by atoms with van der Waals surface area (Å²) < 4.78 is 5.83. The minimum absolute atomic E-state index is 0.108. The number of rotatable bonds is 5. The summed E-state index contributed by atoms with van der Waals surface area (Å²) in [7, 11) is 0. The molecular formula is C15H13BrN2O3. The van der Waals surface area contributed by atoms with E-state index in [9.17, 15) is 9.59 Å². The summed E-state index contributed by atoms with van der Waals surface area (Å²) >= 11 is 3.33. The van der Waals surface area contributed by atoms with E-state index in [4.69, 9.17) is 4.42 Å². The van der Waals surface area contributed by atoms with Gasteiger partial charge in [0.1, 0.15) is 5.76 Å². The minimum atomic E-state index is -0.367. The predicted molar refractivity (Wildman–Crippen MR) is 83.5 cm³/mol. The number of nitrogens with one attached hydrogen (secondary N) is 2. The van der Waals surface area contributed by atoms with Crippen LogP contribution in [0.5, 0.6) is 0 Å². The molecule has 0 fully saturated rings. The number of anilines is 1. The van der Waals surface area contributed by atoms with Gasteiger partial charge in [0.15, 0.2) is 0 Å². The SMILES string of the molecule is O=C(/C=C/c1ccco1)NCC(=O)Nc1ccccc1Br. The molecule has 2 rings (SSSR count). The third kappa shape index (κ3) is 4.92.